The van der Waals surface area contributed by atoms with E-state index in [0.717, 1.165) is 16.9 Å². The van der Waals surface area contributed by atoms with Crippen LogP contribution in [0.2, 0.25) is 0 Å². The molecule has 0 bridgehead atoms. The Morgan fingerprint density at radius 3 is 2.50 bits per heavy atom. The number of rotatable bonds is 4. The highest BCUT2D eigenvalue weighted by atomic mass is 32.2. The van der Waals surface area contributed by atoms with Crippen molar-refractivity contribution in [3.63, 3.8) is 0 Å². The molecule has 0 saturated carbocycles. The first-order valence-electron chi connectivity index (χ1n) is 8.39. The molecule has 1 aliphatic heterocycles. The number of carbonyl (C=O) groups excluding carboxylic acids is 1. The highest BCUT2D eigenvalue weighted by molar-refractivity contribution is 7.89. The smallest absolute Gasteiger partial charge is 0.243 e. The van der Waals surface area contributed by atoms with Gasteiger partial charge in [0.1, 0.15) is 5.75 Å². The summed E-state index contributed by atoms with van der Waals surface area (Å²) in [6.45, 7) is 3.72. The zero-order valence-corrected chi connectivity index (χ0v) is 15.8. The number of nitrogens with one attached hydrogen (secondary N) is 1. The summed E-state index contributed by atoms with van der Waals surface area (Å²) in [7, 11) is -2.01. The van der Waals surface area contributed by atoms with Gasteiger partial charge in [0, 0.05) is 25.2 Å². The summed E-state index contributed by atoms with van der Waals surface area (Å²) in [5.74, 6) is 0.582. The molecule has 6 nitrogen and oxygen atoms in total. The summed E-state index contributed by atoms with van der Waals surface area (Å²) < 4.78 is 32.9. The quantitative estimate of drug-likeness (QED) is 0.893. The fourth-order valence-corrected chi connectivity index (χ4v) is 4.90. The highest BCUT2D eigenvalue weighted by Crippen LogP contribution is 2.35. The van der Waals surface area contributed by atoms with Crippen molar-refractivity contribution in [3.05, 3.63) is 53.6 Å². The molecule has 1 amide bonds. The van der Waals surface area contributed by atoms with Crippen LogP contribution in [0.1, 0.15) is 31.0 Å². The van der Waals surface area contributed by atoms with Gasteiger partial charge in [-0.05, 0) is 60.9 Å². The Morgan fingerprint density at radius 2 is 1.88 bits per heavy atom. The molecule has 0 saturated heterocycles. The van der Waals surface area contributed by atoms with Gasteiger partial charge in [-0.15, -0.1) is 0 Å². The fraction of sp³-hybridized carbons (Fsp3) is 0.316. The topological polar surface area (TPSA) is 75.7 Å². The number of anilines is 1. The molecule has 1 atom stereocenters. The molecule has 138 valence electrons. The van der Waals surface area contributed by atoms with E-state index in [1.807, 2.05) is 25.1 Å². The number of amides is 1. The molecular formula is C19H22N2O4S. The molecule has 0 aliphatic carbocycles. The van der Waals surface area contributed by atoms with Crippen LogP contribution in [0.15, 0.2) is 47.4 Å². The number of hydrogen-bond donors (Lipinski definition) is 1. The molecule has 26 heavy (non-hydrogen) atoms. The lowest BCUT2D eigenvalue weighted by molar-refractivity contribution is -0.114. The van der Waals surface area contributed by atoms with Gasteiger partial charge in [-0.3, -0.25) is 4.79 Å². The average molecular weight is 374 g/mol. The predicted octanol–water partition coefficient (Wildman–Crippen LogP) is 2.96. The Kier molecular flexibility index (Phi) is 5.02. The van der Waals surface area contributed by atoms with Gasteiger partial charge in [0.25, 0.3) is 0 Å². The number of sulfonamides is 1. The standard InChI is InChI=1S/C19H22N2O4S/c1-13-19-9-6-17(25-3)12-15(19)10-11-21(13)26(23,24)18-7-4-16(5-8-18)20-14(2)22/h4-9,12-13H,10-11H2,1-3H3,(H,20,22). The van der Waals surface area contributed by atoms with E-state index < -0.39 is 10.0 Å². The third-order valence-electron chi connectivity index (χ3n) is 4.62. The van der Waals surface area contributed by atoms with Crippen molar-refractivity contribution in [2.75, 3.05) is 19.0 Å². The largest absolute Gasteiger partial charge is 0.497 e. The van der Waals surface area contributed by atoms with Crippen molar-refractivity contribution in [1.29, 1.82) is 0 Å². The molecule has 0 fully saturated rings. The summed E-state index contributed by atoms with van der Waals surface area (Å²) in [6.07, 6.45) is 0.639. The van der Waals surface area contributed by atoms with Crippen molar-refractivity contribution in [2.45, 2.75) is 31.2 Å². The van der Waals surface area contributed by atoms with Gasteiger partial charge < -0.3 is 10.1 Å². The lowest BCUT2D eigenvalue weighted by Crippen LogP contribution is -2.38. The summed E-state index contributed by atoms with van der Waals surface area (Å²) in [6, 6.07) is 11.7. The van der Waals surface area contributed by atoms with Crippen LogP contribution in [0.4, 0.5) is 5.69 Å². The molecule has 1 heterocycles. The van der Waals surface area contributed by atoms with E-state index >= 15 is 0 Å². The van der Waals surface area contributed by atoms with E-state index in [1.54, 1.807) is 19.2 Å². The minimum atomic E-state index is -3.63. The molecule has 3 rings (SSSR count). The molecule has 0 radical (unpaired) electrons. The molecule has 0 aromatic heterocycles. The van der Waals surface area contributed by atoms with Crippen molar-refractivity contribution in [3.8, 4) is 5.75 Å². The van der Waals surface area contributed by atoms with Crippen molar-refractivity contribution in [1.82, 2.24) is 4.31 Å². The zero-order valence-electron chi connectivity index (χ0n) is 15.0. The monoisotopic (exact) mass is 374 g/mol. The first kappa shape index (κ1) is 18.4. The third-order valence-corrected chi connectivity index (χ3v) is 6.60. The van der Waals surface area contributed by atoms with E-state index in [9.17, 15) is 13.2 Å². The molecule has 2 aromatic carbocycles. The Balaban J connectivity index is 1.88. The van der Waals surface area contributed by atoms with Gasteiger partial charge in [-0.25, -0.2) is 8.42 Å². The SMILES string of the molecule is COc1ccc2c(c1)CCN(S(=O)(=O)c1ccc(NC(C)=O)cc1)C2C. The number of benzene rings is 2. The maximum absolute atomic E-state index is 13.1. The normalized spacial score (nSPS) is 17.4. The first-order chi connectivity index (χ1) is 12.3. The second-order valence-electron chi connectivity index (χ2n) is 6.31. The van der Waals surface area contributed by atoms with Crippen LogP contribution in [-0.2, 0) is 21.2 Å². The van der Waals surface area contributed by atoms with Gasteiger partial charge in [0.15, 0.2) is 0 Å². The molecular weight excluding hydrogens is 352 g/mol. The summed E-state index contributed by atoms with van der Waals surface area (Å²) in [4.78, 5) is 11.3. The van der Waals surface area contributed by atoms with Gasteiger partial charge >= 0.3 is 0 Å². The zero-order chi connectivity index (χ0) is 18.9. The first-order valence-corrected chi connectivity index (χ1v) is 9.83. The fourth-order valence-electron chi connectivity index (χ4n) is 3.29. The lowest BCUT2D eigenvalue weighted by Gasteiger charge is -2.34. The van der Waals surface area contributed by atoms with Crippen molar-refractivity contribution < 1.29 is 17.9 Å². The van der Waals surface area contributed by atoms with E-state index in [-0.39, 0.29) is 16.8 Å². The van der Waals surface area contributed by atoms with E-state index in [1.165, 1.54) is 23.4 Å². The van der Waals surface area contributed by atoms with Crippen LogP contribution in [0, 0.1) is 0 Å². The molecule has 7 heteroatoms. The Bertz CT molecular complexity index is 923. The third kappa shape index (κ3) is 3.45. The number of nitrogens with zero attached hydrogens (tertiary/aromatic N) is 1. The van der Waals surface area contributed by atoms with Gasteiger partial charge in [-0.2, -0.15) is 4.31 Å². The Morgan fingerprint density at radius 1 is 1.19 bits per heavy atom. The average Bonchev–Trinajstić information content (AvgIpc) is 2.61. The molecule has 1 aliphatic rings. The van der Waals surface area contributed by atoms with Crippen LogP contribution < -0.4 is 10.1 Å². The summed E-state index contributed by atoms with van der Waals surface area (Å²) in [5.41, 5.74) is 2.68. The maximum atomic E-state index is 13.1. The number of methoxy groups -OCH3 is 1. The molecule has 2 aromatic rings. The number of fused-ring (bicyclic) bond motifs is 1. The van der Waals surface area contributed by atoms with Gasteiger partial charge in [-0.1, -0.05) is 6.07 Å². The lowest BCUT2D eigenvalue weighted by atomic mass is 9.95. The van der Waals surface area contributed by atoms with E-state index in [4.69, 9.17) is 4.74 Å². The number of ether oxygens (including phenoxy) is 1. The highest BCUT2D eigenvalue weighted by Gasteiger charge is 2.34. The van der Waals surface area contributed by atoms with Crippen LogP contribution in [0.25, 0.3) is 0 Å². The van der Waals surface area contributed by atoms with E-state index in [2.05, 4.69) is 5.32 Å². The second kappa shape index (κ2) is 7.09. The van der Waals surface area contributed by atoms with Crippen molar-refractivity contribution in [2.24, 2.45) is 0 Å². The molecule has 1 N–H and O–H groups in total. The summed E-state index contributed by atoms with van der Waals surface area (Å²) >= 11 is 0. The number of carbonyl (C=O) groups is 1. The second-order valence-corrected chi connectivity index (χ2v) is 8.20. The van der Waals surface area contributed by atoms with Crippen LogP contribution in [0.3, 0.4) is 0 Å². The van der Waals surface area contributed by atoms with E-state index in [0.29, 0.717) is 18.7 Å². The minimum Gasteiger partial charge on any atom is -0.497 e. The molecule has 1 unspecified atom stereocenters. The van der Waals surface area contributed by atoms with Crippen LogP contribution in [-0.4, -0.2) is 32.3 Å². The Labute approximate surface area is 153 Å². The Hall–Kier alpha value is -2.38. The van der Waals surface area contributed by atoms with Crippen LogP contribution >= 0.6 is 0 Å². The van der Waals surface area contributed by atoms with Crippen LogP contribution in [0.5, 0.6) is 5.75 Å². The number of hydrogen-bond acceptors (Lipinski definition) is 4. The molecule has 0 spiro atoms. The minimum absolute atomic E-state index is 0.197. The maximum Gasteiger partial charge on any atom is 0.243 e. The van der Waals surface area contributed by atoms with Gasteiger partial charge in [0.05, 0.1) is 12.0 Å². The van der Waals surface area contributed by atoms with Gasteiger partial charge in [0.2, 0.25) is 15.9 Å². The van der Waals surface area contributed by atoms with Crippen molar-refractivity contribution >= 4 is 21.6 Å². The summed E-state index contributed by atoms with van der Waals surface area (Å²) in [5, 5.41) is 2.64. The predicted molar refractivity (Wildman–Crippen MR) is 99.8 cm³/mol.